The van der Waals surface area contributed by atoms with E-state index >= 15 is 0 Å². The molecule has 0 saturated heterocycles. The number of sulfonamides is 1. The minimum atomic E-state index is -3.83. The summed E-state index contributed by atoms with van der Waals surface area (Å²) in [4.78, 5) is 24.3. The number of carbonyl (C=O) groups is 2. The normalized spacial score (nSPS) is 11.6. The number of benzene rings is 2. The van der Waals surface area contributed by atoms with E-state index in [1.54, 1.807) is 24.3 Å². The molecule has 2 aromatic rings. The lowest BCUT2D eigenvalue weighted by molar-refractivity contribution is -0.135. The highest BCUT2D eigenvalue weighted by molar-refractivity contribution is 7.89. The zero-order valence-electron chi connectivity index (χ0n) is 14.6. The zero-order valence-corrected chi connectivity index (χ0v) is 15.4. The summed E-state index contributed by atoms with van der Waals surface area (Å²) in [5.41, 5.74) is 0.617. The number of allylic oxidation sites excluding steroid dienone is 1. The van der Waals surface area contributed by atoms with Crippen molar-refractivity contribution < 1.29 is 27.5 Å². The van der Waals surface area contributed by atoms with Crippen molar-refractivity contribution in [1.82, 2.24) is 0 Å². The molecule has 0 atom stereocenters. The Morgan fingerprint density at radius 2 is 1.59 bits per heavy atom. The Morgan fingerprint density at radius 1 is 1.00 bits per heavy atom. The second-order valence-corrected chi connectivity index (χ2v) is 6.90. The molecule has 2 rings (SSSR count). The van der Waals surface area contributed by atoms with Crippen LogP contribution in [0.2, 0.25) is 0 Å². The van der Waals surface area contributed by atoms with Crippen LogP contribution in [-0.2, 0) is 19.6 Å². The van der Waals surface area contributed by atoms with E-state index in [-0.39, 0.29) is 10.6 Å². The van der Waals surface area contributed by atoms with Crippen molar-refractivity contribution in [3.63, 3.8) is 0 Å². The highest BCUT2D eigenvalue weighted by Gasteiger charge is 2.14. The number of anilines is 1. The van der Waals surface area contributed by atoms with Crippen LogP contribution in [0.4, 0.5) is 5.69 Å². The Hall–Kier alpha value is -3.17. The first-order chi connectivity index (χ1) is 12.7. The molecule has 0 aliphatic carbocycles. The van der Waals surface area contributed by atoms with Crippen molar-refractivity contribution in [3.8, 4) is 5.75 Å². The smallest absolute Gasteiger partial charge is 0.354 e. The molecule has 0 aliphatic rings. The van der Waals surface area contributed by atoms with Crippen LogP contribution < -0.4 is 15.2 Å². The Morgan fingerprint density at radius 3 is 2.07 bits per heavy atom. The van der Waals surface area contributed by atoms with Gasteiger partial charge in [0.05, 0.1) is 19.1 Å². The van der Waals surface area contributed by atoms with Crippen LogP contribution in [0.15, 0.2) is 65.2 Å². The molecule has 9 heteroatoms. The number of carbonyl (C=O) groups excluding carboxylic acids is 2. The quantitative estimate of drug-likeness (QED) is 0.419. The van der Waals surface area contributed by atoms with Gasteiger partial charge in [-0.25, -0.2) is 18.4 Å². The van der Waals surface area contributed by atoms with Crippen molar-refractivity contribution in [2.75, 3.05) is 19.5 Å². The van der Waals surface area contributed by atoms with Crippen LogP contribution in [0.5, 0.6) is 5.75 Å². The summed E-state index contributed by atoms with van der Waals surface area (Å²) in [6, 6.07) is 11.7. The summed E-state index contributed by atoms with van der Waals surface area (Å²) in [7, 11) is -1.14. The largest absolute Gasteiger partial charge is 0.497 e. The fourth-order valence-corrected chi connectivity index (χ4v) is 2.62. The third-order valence-electron chi connectivity index (χ3n) is 3.52. The molecule has 0 bridgehead atoms. The topological polar surface area (TPSA) is 125 Å². The van der Waals surface area contributed by atoms with Gasteiger partial charge in [0.2, 0.25) is 10.0 Å². The summed E-state index contributed by atoms with van der Waals surface area (Å²) in [6.07, 6.45) is 1.10. The van der Waals surface area contributed by atoms with Crippen molar-refractivity contribution in [2.24, 2.45) is 5.14 Å². The zero-order chi connectivity index (χ0) is 20.0. The molecule has 27 heavy (non-hydrogen) atoms. The molecule has 0 fully saturated rings. The fourth-order valence-electron chi connectivity index (χ4n) is 2.11. The Bertz CT molecular complexity index is 964. The van der Waals surface area contributed by atoms with Crippen molar-refractivity contribution in [2.45, 2.75) is 4.90 Å². The molecule has 0 heterocycles. The molecule has 0 saturated carbocycles. The van der Waals surface area contributed by atoms with E-state index in [9.17, 15) is 18.0 Å². The van der Waals surface area contributed by atoms with E-state index in [2.05, 4.69) is 10.1 Å². The Kier molecular flexibility index (Phi) is 6.32. The average Bonchev–Trinajstić information content (AvgIpc) is 2.66. The summed E-state index contributed by atoms with van der Waals surface area (Å²) in [5, 5.41) is 7.78. The third-order valence-corrected chi connectivity index (χ3v) is 4.45. The van der Waals surface area contributed by atoms with E-state index in [0.29, 0.717) is 17.0 Å². The molecule has 2 aromatic carbocycles. The maximum atomic E-state index is 12.4. The number of rotatable bonds is 7. The second kappa shape index (κ2) is 8.47. The molecule has 142 valence electrons. The maximum absolute atomic E-state index is 12.4. The predicted octanol–water partition coefficient (Wildman–Crippen LogP) is 1.69. The molecular weight excluding hydrogens is 372 g/mol. The Balaban J connectivity index is 2.27. The molecule has 0 spiro atoms. The van der Waals surface area contributed by atoms with Gasteiger partial charge in [-0.3, -0.25) is 4.79 Å². The standard InChI is InChI=1S/C18H18N2O6S/c1-25-14-7-3-12(4-8-14)17(21)11-16(18(22)26-2)20-13-5-9-15(10-6-13)27(19,23)24/h3-11,20H,1-2H3,(H2,19,23,24)/b16-11-. The lowest BCUT2D eigenvalue weighted by atomic mass is 10.1. The van der Waals surface area contributed by atoms with Gasteiger partial charge in [-0.1, -0.05) is 0 Å². The van der Waals surface area contributed by atoms with Gasteiger partial charge in [0, 0.05) is 17.3 Å². The van der Waals surface area contributed by atoms with Crippen LogP contribution in [0, 0.1) is 0 Å². The van der Waals surface area contributed by atoms with Gasteiger partial charge in [-0.05, 0) is 48.5 Å². The fraction of sp³-hybridized carbons (Fsp3) is 0.111. The molecular formula is C18H18N2O6S. The van der Waals surface area contributed by atoms with Gasteiger partial charge < -0.3 is 14.8 Å². The van der Waals surface area contributed by atoms with Gasteiger partial charge in [-0.2, -0.15) is 0 Å². The van der Waals surface area contributed by atoms with Gasteiger partial charge in [0.15, 0.2) is 5.78 Å². The summed E-state index contributed by atoms with van der Waals surface area (Å²) in [5.74, 6) is -0.587. The van der Waals surface area contributed by atoms with E-state index in [1.165, 1.54) is 38.5 Å². The number of ether oxygens (including phenoxy) is 2. The number of hydrogen-bond acceptors (Lipinski definition) is 7. The van der Waals surface area contributed by atoms with E-state index in [4.69, 9.17) is 9.88 Å². The first-order valence-electron chi connectivity index (χ1n) is 7.63. The van der Waals surface area contributed by atoms with Gasteiger partial charge in [0.25, 0.3) is 0 Å². The number of nitrogens with one attached hydrogen (secondary N) is 1. The molecule has 0 aliphatic heterocycles. The summed E-state index contributed by atoms with van der Waals surface area (Å²) >= 11 is 0. The number of methoxy groups -OCH3 is 2. The van der Waals surface area contributed by atoms with Gasteiger partial charge >= 0.3 is 5.97 Å². The van der Waals surface area contributed by atoms with E-state index in [1.807, 2.05) is 0 Å². The monoisotopic (exact) mass is 390 g/mol. The van der Waals surface area contributed by atoms with Gasteiger partial charge in [-0.15, -0.1) is 0 Å². The highest BCUT2D eigenvalue weighted by Crippen LogP contribution is 2.17. The first-order valence-corrected chi connectivity index (χ1v) is 9.17. The molecule has 0 aromatic heterocycles. The first kappa shape index (κ1) is 20.1. The third kappa shape index (κ3) is 5.40. The van der Waals surface area contributed by atoms with Crippen molar-refractivity contribution in [1.29, 1.82) is 0 Å². The molecule has 8 nitrogen and oxygen atoms in total. The number of ketones is 1. The maximum Gasteiger partial charge on any atom is 0.354 e. The van der Waals surface area contributed by atoms with Crippen LogP contribution in [-0.4, -0.2) is 34.4 Å². The molecule has 3 N–H and O–H groups in total. The SMILES string of the molecule is COC(=O)/C(=C/C(=O)c1ccc(OC)cc1)Nc1ccc(S(N)(=O)=O)cc1. The molecule has 0 amide bonds. The van der Waals surface area contributed by atoms with Crippen LogP contribution in [0.25, 0.3) is 0 Å². The van der Waals surface area contributed by atoms with Crippen LogP contribution in [0.1, 0.15) is 10.4 Å². The number of nitrogens with two attached hydrogens (primary N) is 1. The van der Waals surface area contributed by atoms with Crippen LogP contribution >= 0.6 is 0 Å². The number of hydrogen-bond donors (Lipinski definition) is 2. The number of esters is 1. The lowest BCUT2D eigenvalue weighted by Crippen LogP contribution is -2.15. The summed E-state index contributed by atoms with van der Waals surface area (Å²) in [6.45, 7) is 0. The predicted molar refractivity (Wildman–Crippen MR) is 98.9 cm³/mol. The average molecular weight is 390 g/mol. The second-order valence-electron chi connectivity index (χ2n) is 5.34. The van der Waals surface area contributed by atoms with E-state index in [0.717, 1.165) is 6.08 Å². The van der Waals surface area contributed by atoms with E-state index < -0.39 is 21.8 Å². The van der Waals surface area contributed by atoms with Gasteiger partial charge in [0.1, 0.15) is 11.4 Å². The van der Waals surface area contributed by atoms with Crippen molar-refractivity contribution in [3.05, 3.63) is 65.9 Å². The Labute approximate surface area is 156 Å². The van der Waals surface area contributed by atoms with Crippen molar-refractivity contribution >= 4 is 27.5 Å². The number of primary sulfonamides is 1. The summed E-state index contributed by atoms with van der Waals surface area (Å²) < 4.78 is 32.3. The molecule has 0 radical (unpaired) electrons. The molecule has 0 unspecified atom stereocenters. The lowest BCUT2D eigenvalue weighted by Gasteiger charge is -2.10. The minimum absolute atomic E-state index is 0.0778. The minimum Gasteiger partial charge on any atom is -0.497 e. The van der Waals surface area contributed by atoms with Crippen LogP contribution in [0.3, 0.4) is 0 Å². The highest BCUT2D eigenvalue weighted by atomic mass is 32.2.